The minimum atomic E-state index is -0.0878. The number of hydrogen-bond acceptors (Lipinski definition) is 5. The number of benzene rings is 1. The average Bonchev–Trinajstić information content (AvgIpc) is 3.06. The summed E-state index contributed by atoms with van der Waals surface area (Å²) in [5, 5.41) is 20.5. The summed E-state index contributed by atoms with van der Waals surface area (Å²) in [6.07, 6.45) is 1.89. The number of aromatic nitrogens is 2. The van der Waals surface area contributed by atoms with Gasteiger partial charge in [-0.3, -0.25) is 4.40 Å². The summed E-state index contributed by atoms with van der Waals surface area (Å²) in [6.45, 7) is -0.0878. The molecule has 0 saturated carbocycles. The summed E-state index contributed by atoms with van der Waals surface area (Å²) in [5.74, 6) is 0.703. The van der Waals surface area contributed by atoms with Crippen LogP contribution in [-0.2, 0) is 6.61 Å². The molecule has 0 bridgehead atoms. The van der Waals surface area contributed by atoms with Crippen LogP contribution in [0.25, 0.3) is 4.96 Å². The highest BCUT2D eigenvalue weighted by Gasteiger charge is 2.17. The largest absolute Gasteiger partial charge is 0.390 e. The lowest BCUT2D eigenvalue weighted by atomic mass is 10.2. The topological polar surface area (TPSA) is 64.6 Å². The van der Waals surface area contributed by atoms with Gasteiger partial charge < -0.3 is 10.0 Å². The first-order valence-electron chi connectivity index (χ1n) is 6.03. The molecule has 3 rings (SSSR count). The smallest absolute Gasteiger partial charge is 0.195 e. The van der Waals surface area contributed by atoms with Gasteiger partial charge in [0.15, 0.2) is 10.8 Å². The summed E-state index contributed by atoms with van der Waals surface area (Å²) in [4.78, 5) is 7.26. The van der Waals surface area contributed by atoms with Gasteiger partial charge >= 0.3 is 0 Å². The molecule has 6 heteroatoms. The average molecular weight is 284 g/mol. The summed E-state index contributed by atoms with van der Waals surface area (Å²) in [7, 11) is 1.88. The first-order chi connectivity index (χ1) is 9.74. The van der Waals surface area contributed by atoms with Crippen LogP contribution in [0.3, 0.4) is 0 Å². The summed E-state index contributed by atoms with van der Waals surface area (Å²) in [5.41, 5.74) is 2.21. The Kier molecular flexibility index (Phi) is 3.14. The van der Waals surface area contributed by atoms with Crippen LogP contribution in [0, 0.1) is 11.3 Å². The van der Waals surface area contributed by atoms with E-state index in [-0.39, 0.29) is 6.61 Å². The van der Waals surface area contributed by atoms with Crippen LogP contribution in [-0.4, -0.2) is 21.5 Å². The number of nitrogens with zero attached hydrogens (tertiary/aromatic N) is 4. The van der Waals surface area contributed by atoms with E-state index in [0.29, 0.717) is 11.4 Å². The minimum absolute atomic E-state index is 0.0878. The van der Waals surface area contributed by atoms with Crippen LogP contribution in [0.1, 0.15) is 11.3 Å². The molecule has 0 unspecified atom stereocenters. The van der Waals surface area contributed by atoms with Crippen molar-refractivity contribution < 1.29 is 5.11 Å². The van der Waals surface area contributed by atoms with Crippen LogP contribution in [0.4, 0.5) is 11.5 Å². The van der Waals surface area contributed by atoms with Crippen LogP contribution in [0.5, 0.6) is 0 Å². The molecule has 0 aliphatic heterocycles. The van der Waals surface area contributed by atoms with Gasteiger partial charge in [-0.05, 0) is 18.2 Å². The van der Waals surface area contributed by atoms with E-state index in [1.54, 1.807) is 12.1 Å². The Morgan fingerprint density at radius 3 is 3.10 bits per heavy atom. The highest BCUT2D eigenvalue weighted by molar-refractivity contribution is 7.15. The van der Waals surface area contributed by atoms with Crippen molar-refractivity contribution in [2.75, 3.05) is 11.9 Å². The molecule has 20 heavy (non-hydrogen) atoms. The Labute approximate surface area is 120 Å². The second kappa shape index (κ2) is 4.96. The van der Waals surface area contributed by atoms with E-state index in [4.69, 9.17) is 5.26 Å². The Hall–Kier alpha value is -2.36. The second-order valence-electron chi connectivity index (χ2n) is 4.32. The van der Waals surface area contributed by atoms with Crippen LogP contribution < -0.4 is 4.90 Å². The van der Waals surface area contributed by atoms with Gasteiger partial charge in [0.2, 0.25) is 0 Å². The monoisotopic (exact) mass is 284 g/mol. The Bertz CT molecular complexity index is 799. The maximum Gasteiger partial charge on any atom is 0.195 e. The third kappa shape index (κ3) is 1.93. The Morgan fingerprint density at radius 1 is 1.50 bits per heavy atom. The quantitative estimate of drug-likeness (QED) is 0.802. The SMILES string of the molecule is CN(c1cccc(C#N)c1)c1nc2sccn2c1CO. The second-order valence-corrected chi connectivity index (χ2v) is 5.19. The van der Waals surface area contributed by atoms with Crippen molar-refractivity contribution in [3.63, 3.8) is 0 Å². The van der Waals surface area contributed by atoms with Crippen LogP contribution in [0.2, 0.25) is 0 Å². The molecule has 0 saturated heterocycles. The number of aliphatic hydroxyl groups is 1. The predicted molar refractivity (Wildman–Crippen MR) is 78.2 cm³/mol. The van der Waals surface area contributed by atoms with Crippen molar-refractivity contribution >= 4 is 27.8 Å². The Balaban J connectivity index is 2.09. The third-order valence-corrected chi connectivity index (χ3v) is 3.93. The molecule has 0 spiro atoms. The van der Waals surface area contributed by atoms with Gasteiger partial charge in [-0.15, -0.1) is 11.3 Å². The molecule has 5 nitrogen and oxygen atoms in total. The molecule has 0 atom stereocenters. The zero-order valence-electron chi connectivity index (χ0n) is 10.8. The van der Waals surface area contributed by atoms with Crippen molar-refractivity contribution in [1.29, 1.82) is 5.26 Å². The zero-order valence-corrected chi connectivity index (χ0v) is 11.6. The van der Waals surface area contributed by atoms with Crippen LogP contribution >= 0.6 is 11.3 Å². The van der Waals surface area contributed by atoms with Gasteiger partial charge in [0, 0.05) is 24.3 Å². The number of anilines is 2. The number of nitriles is 1. The normalized spacial score (nSPS) is 10.7. The van der Waals surface area contributed by atoms with Crippen molar-refractivity contribution in [1.82, 2.24) is 9.38 Å². The summed E-state index contributed by atoms with van der Waals surface area (Å²) >= 11 is 1.52. The van der Waals surface area contributed by atoms with E-state index in [0.717, 1.165) is 16.3 Å². The highest BCUT2D eigenvalue weighted by Crippen LogP contribution is 2.29. The standard InChI is InChI=1S/C14H12N4OS/c1-17(11-4-2-3-10(7-11)8-15)13-12(9-19)18-5-6-20-14(18)16-13/h2-7,19H,9H2,1H3. The molecule has 0 amide bonds. The molecule has 2 heterocycles. The number of aliphatic hydroxyl groups excluding tert-OH is 1. The third-order valence-electron chi connectivity index (χ3n) is 3.17. The molecular weight excluding hydrogens is 272 g/mol. The van der Waals surface area contributed by atoms with Gasteiger partial charge in [-0.1, -0.05) is 6.07 Å². The minimum Gasteiger partial charge on any atom is -0.390 e. The van der Waals surface area contributed by atoms with Crippen molar-refractivity contribution in [3.8, 4) is 6.07 Å². The molecule has 0 radical (unpaired) electrons. The lowest BCUT2D eigenvalue weighted by Gasteiger charge is -2.18. The number of fused-ring (bicyclic) bond motifs is 1. The fourth-order valence-electron chi connectivity index (χ4n) is 2.14. The molecule has 3 aromatic rings. The van der Waals surface area contributed by atoms with E-state index in [1.165, 1.54) is 11.3 Å². The van der Waals surface area contributed by atoms with E-state index in [9.17, 15) is 5.11 Å². The van der Waals surface area contributed by atoms with Gasteiger partial charge in [-0.2, -0.15) is 5.26 Å². The van der Waals surface area contributed by atoms with E-state index >= 15 is 0 Å². The number of imidazole rings is 1. The van der Waals surface area contributed by atoms with E-state index in [2.05, 4.69) is 11.1 Å². The molecule has 1 aromatic carbocycles. The number of hydrogen-bond donors (Lipinski definition) is 1. The van der Waals surface area contributed by atoms with Crippen LogP contribution in [0.15, 0.2) is 35.8 Å². The summed E-state index contributed by atoms with van der Waals surface area (Å²) < 4.78 is 1.88. The van der Waals surface area contributed by atoms with Crippen molar-refractivity contribution in [3.05, 3.63) is 47.1 Å². The number of thiazole rings is 1. The molecule has 0 aliphatic carbocycles. The molecule has 2 aromatic heterocycles. The first-order valence-corrected chi connectivity index (χ1v) is 6.91. The van der Waals surface area contributed by atoms with Crippen molar-refractivity contribution in [2.45, 2.75) is 6.61 Å². The molecule has 100 valence electrons. The Morgan fingerprint density at radius 2 is 2.35 bits per heavy atom. The molecule has 1 N–H and O–H groups in total. The highest BCUT2D eigenvalue weighted by atomic mass is 32.1. The fraction of sp³-hybridized carbons (Fsp3) is 0.143. The lowest BCUT2D eigenvalue weighted by molar-refractivity contribution is 0.276. The molecule has 0 aliphatic rings. The molecular formula is C14H12N4OS. The molecule has 0 fully saturated rings. The maximum atomic E-state index is 9.59. The van der Waals surface area contributed by atoms with E-state index in [1.807, 2.05) is 40.1 Å². The maximum absolute atomic E-state index is 9.59. The van der Waals surface area contributed by atoms with Gasteiger partial charge in [0.25, 0.3) is 0 Å². The zero-order chi connectivity index (χ0) is 14.1. The van der Waals surface area contributed by atoms with Gasteiger partial charge in [0.05, 0.1) is 23.9 Å². The predicted octanol–water partition coefficient (Wildman–Crippen LogP) is 2.53. The fourth-order valence-corrected chi connectivity index (χ4v) is 2.87. The number of rotatable bonds is 3. The van der Waals surface area contributed by atoms with Gasteiger partial charge in [0.1, 0.15) is 0 Å². The van der Waals surface area contributed by atoms with E-state index < -0.39 is 0 Å². The lowest BCUT2D eigenvalue weighted by Crippen LogP contribution is -2.12. The summed E-state index contributed by atoms with van der Waals surface area (Å²) in [6, 6.07) is 9.43. The first kappa shape index (κ1) is 12.7. The van der Waals surface area contributed by atoms with Gasteiger partial charge in [-0.25, -0.2) is 4.98 Å². The van der Waals surface area contributed by atoms with Crippen molar-refractivity contribution in [2.24, 2.45) is 0 Å².